The number of aromatic nitrogens is 3. The highest BCUT2D eigenvalue weighted by Gasteiger charge is 2.11. The molecule has 0 bridgehead atoms. The number of rotatable bonds is 8. The lowest BCUT2D eigenvalue weighted by Crippen LogP contribution is -2.16. The first-order valence-electron chi connectivity index (χ1n) is 7.52. The predicted octanol–water partition coefficient (Wildman–Crippen LogP) is 2.89. The van der Waals surface area contributed by atoms with Gasteiger partial charge < -0.3 is 10.6 Å². The summed E-state index contributed by atoms with van der Waals surface area (Å²) in [5, 5.41) is 6.57. The van der Waals surface area contributed by atoms with Crippen molar-refractivity contribution in [2.75, 3.05) is 17.2 Å². The van der Waals surface area contributed by atoms with Crippen molar-refractivity contribution in [3.63, 3.8) is 0 Å². The van der Waals surface area contributed by atoms with Crippen LogP contribution in [0, 0.1) is 0 Å². The van der Waals surface area contributed by atoms with Gasteiger partial charge >= 0.3 is 0 Å². The fourth-order valence-electron chi connectivity index (χ4n) is 2.01. The molecule has 0 saturated heterocycles. The Hall–Kier alpha value is -2.02. The van der Waals surface area contributed by atoms with Gasteiger partial charge in [0.2, 0.25) is 11.9 Å². The van der Waals surface area contributed by atoms with Crippen molar-refractivity contribution in [1.29, 1.82) is 0 Å². The standard InChI is InChI=1S/C15H21N5OS/c1-3-6-11-12(4-2)22-15(19-11)20-13(21)7-10-18-14-16-8-5-9-17-14/h5,8-9H,3-4,6-7,10H2,1-2H3,(H,16,17,18)(H,19,20,21). The third kappa shape index (κ3) is 4.77. The molecule has 2 rings (SSSR count). The van der Waals surface area contributed by atoms with Gasteiger partial charge in [-0.25, -0.2) is 15.0 Å². The van der Waals surface area contributed by atoms with Crippen molar-refractivity contribution < 1.29 is 4.79 Å². The first kappa shape index (κ1) is 16.4. The van der Waals surface area contributed by atoms with E-state index in [1.54, 1.807) is 29.8 Å². The Morgan fingerprint density at radius 1 is 1.27 bits per heavy atom. The van der Waals surface area contributed by atoms with Gasteiger partial charge in [-0.05, 0) is 18.9 Å². The van der Waals surface area contributed by atoms with E-state index in [1.807, 2.05) is 0 Å². The Bertz CT molecular complexity index is 599. The Morgan fingerprint density at radius 2 is 2.05 bits per heavy atom. The van der Waals surface area contributed by atoms with E-state index >= 15 is 0 Å². The quantitative estimate of drug-likeness (QED) is 0.782. The smallest absolute Gasteiger partial charge is 0.227 e. The average molecular weight is 319 g/mol. The molecule has 118 valence electrons. The molecular formula is C15H21N5OS. The van der Waals surface area contributed by atoms with E-state index in [4.69, 9.17) is 0 Å². The molecule has 0 atom stereocenters. The van der Waals surface area contributed by atoms with Gasteiger partial charge in [0.05, 0.1) is 5.69 Å². The summed E-state index contributed by atoms with van der Waals surface area (Å²) in [6.07, 6.45) is 6.64. The normalized spacial score (nSPS) is 10.5. The molecule has 0 spiro atoms. The maximum Gasteiger partial charge on any atom is 0.227 e. The average Bonchev–Trinajstić information content (AvgIpc) is 2.90. The molecule has 1 amide bonds. The second-order valence-corrected chi connectivity index (χ2v) is 5.87. The summed E-state index contributed by atoms with van der Waals surface area (Å²) in [6.45, 7) is 4.74. The lowest BCUT2D eigenvalue weighted by atomic mass is 10.2. The number of anilines is 2. The fraction of sp³-hybridized carbons (Fsp3) is 0.467. The van der Waals surface area contributed by atoms with Gasteiger partial charge in [-0.15, -0.1) is 11.3 Å². The Morgan fingerprint density at radius 3 is 2.73 bits per heavy atom. The molecule has 0 radical (unpaired) electrons. The van der Waals surface area contributed by atoms with Gasteiger partial charge in [0.25, 0.3) is 0 Å². The first-order valence-corrected chi connectivity index (χ1v) is 8.33. The topological polar surface area (TPSA) is 79.8 Å². The van der Waals surface area contributed by atoms with Crippen molar-refractivity contribution in [3.8, 4) is 0 Å². The fourth-order valence-corrected chi connectivity index (χ4v) is 2.97. The minimum Gasteiger partial charge on any atom is -0.354 e. The molecule has 2 aromatic rings. The van der Waals surface area contributed by atoms with Crippen molar-refractivity contribution in [2.24, 2.45) is 0 Å². The van der Waals surface area contributed by atoms with E-state index in [0.717, 1.165) is 25.0 Å². The van der Waals surface area contributed by atoms with Crippen molar-refractivity contribution in [1.82, 2.24) is 15.0 Å². The van der Waals surface area contributed by atoms with Crippen LogP contribution in [0.25, 0.3) is 0 Å². The zero-order valence-electron chi connectivity index (χ0n) is 12.9. The Labute approximate surface area is 134 Å². The second-order valence-electron chi connectivity index (χ2n) is 4.79. The van der Waals surface area contributed by atoms with E-state index in [0.29, 0.717) is 24.0 Å². The number of thiazole rings is 1. The summed E-state index contributed by atoms with van der Waals surface area (Å²) in [4.78, 5) is 25.8. The first-order chi connectivity index (χ1) is 10.7. The molecule has 22 heavy (non-hydrogen) atoms. The third-order valence-electron chi connectivity index (χ3n) is 3.03. The molecule has 2 heterocycles. The number of aryl methyl sites for hydroxylation is 2. The molecule has 0 saturated carbocycles. The van der Waals surface area contributed by atoms with Gasteiger partial charge in [-0.3, -0.25) is 4.79 Å². The summed E-state index contributed by atoms with van der Waals surface area (Å²) in [5.74, 6) is 0.478. The Kier molecular flexibility index (Phi) is 6.27. The predicted molar refractivity (Wildman–Crippen MR) is 89.3 cm³/mol. The number of carbonyl (C=O) groups excluding carboxylic acids is 1. The highest BCUT2D eigenvalue weighted by molar-refractivity contribution is 7.15. The number of carbonyl (C=O) groups is 1. The van der Waals surface area contributed by atoms with Gasteiger partial charge in [0, 0.05) is 30.2 Å². The minimum absolute atomic E-state index is 0.0529. The molecule has 0 aliphatic rings. The highest BCUT2D eigenvalue weighted by atomic mass is 32.1. The number of hydrogen-bond acceptors (Lipinski definition) is 6. The maximum atomic E-state index is 11.9. The van der Waals surface area contributed by atoms with E-state index in [1.165, 1.54) is 4.88 Å². The van der Waals surface area contributed by atoms with Crippen LogP contribution in [0.1, 0.15) is 37.3 Å². The van der Waals surface area contributed by atoms with Crippen LogP contribution >= 0.6 is 11.3 Å². The van der Waals surface area contributed by atoms with Gasteiger partial charge in [-0.2, -0.15) is 0 Å². The van der Waals surface area contributed by atoms with E-state index in [2.05, 4.69) is 39.4 Å². The van der Waals surface area contributed by atoms with Crippen LogP contribution in [0.15, 0.2) is 18.5 Å². The van der Waals surface area contributed by atoms with Gasteiger partial charge in [0.15, 0.2) is 5.13 Å². The van der Waals surface area contributed by atoms with Gasteiger partial charge in [-0.1, -0.05) is 20.3 Å². The lowest BCUT2D eigenvalue weighted by Gasteiger charge is -2.03. The van der Waals surface area contributed by atoms with Crippen LogP contribution in [0.3, 0.4) is 0 Å². The minimum atomic E-state index is -0.0529. The zero-order valence-corrected chi connectivity index (χ0v) is 13.7. The van der Waals surface area contributed by atoms with Gasteiger partial charge in [0.1, 0.15) is 0 Å². The largest absolute Gasteiger partial charge is 0.354 e. The highest BCUT2D eigenvalue weighted by Crippen LogP contribution is 2.24. The second kappa shape index (κ2) is 8.43. The molecule has 6 nitrogen and oxygen atoms in total. The molecule has 0 aliphatic heterocycles. The summed E-state index contributed by atoms with van der Waals surface area (Å²) in [6, 6.07) is 1.75. The van der Waals surface area contributed by atoms with Crippen molar-refractivity contribution >= 4 is 28.3 Å². The van der Waals surface area contributed by atoms with Crippen LogP contribution in [-0.4, -0.2) is 27.4 Å². The molecular weight excluding hydrogens is 298 g/mol. The molecule has 2 aromatic heterocycles. The number of hydrogen-bond donors (Lipinski definition) is 2. The SMILES string of the molecule is CCCc1nc(NC(=O)CCNc2ncccn2)sc1CC. The summed E-state index contributed by atoms with van der Waals surface area (Å²) >= 11 is 1.57. The van der Waals surface area contributed by atoms with E-state index in [9.17, 15) is 4.79 Å². The summed E-state index contributed by atoms with van der Waals surface area (Å²) in [5.41, 5.74) is 1.11. The summed E-state index contributed by atoms with van der Waals surface area (Å²) in [7, 11) is 0. The van der Waals surface area contributed by atoms with E-state index < -0.39 is 0 Å². The zero-order chi connectivity index (χ0) is 15.8. The monoisotopic (exact) mass is 319 g/mol. The van der Waals surface area contributed by atoms with Crippen LogP contribution in [0.5, 0.6) is 0 Å². The molecule has 0 aromatic carbocycles. The molecule has 0 unspecified atom stereocenters. The van der Waals surface area contributed by atoms with Crippen molar-refractivity contribution in [3.05, 3.63) is 29.0 Å². The number of nitrogens with zero attached hydrogens (tertiary/aromatic N) is 3. The lowest BCUT2D eigenvalue weighted by molar-refractivity contribution is -0.115. The van der Waals surface area contributed by atoms with Crippen LogP contribution in [-0.2, 0) is 17.6 Å². The van der Waals surface area contributed by atoms with Crippen molar-refractivity contribution in [2.45, 2.75) is 39.5 Å². The third-order valence-corrected chi connectivity index (χ3v) is 4.19. The van der Waals surface area contributed by atoms with E-state index in [-0.39, 0.29) is 5.91 Å². The summed E-state index contributed by atoms with van der Waals surface area (Å²) < 4.78 is 0. The number of amides is 1. The maximum absolute atomic E-state index is 11.9. The molecule has 0 fully saturated rings. The Balaban J connectivity index is 1.81. The molecule has 2 N–H and O–H groups in total. The van der Waals surface area contributed by atoms with Crippen LogP contribution in [0.2, 0.25) is 0 Å². The van der Waals surface area contributed by atoms with Crippen LogP contribution < -0.4 is 10.6 Å². The molecule has 0 aliphatic carbocycles. The number of nitrogens with one attached hydrogen (secondary N) is 2. The van der Waals surface area contributed by atoms with Crippen LogP contribution in [0.4, 0.5) is 11.1 Å². The molecule has 7 heteroatoms.